The first kappa shape index (κ1) is 14.8. The number of aromatic carboxylic acids is 1. The van der Waals surface area contributed by atoms with Crippen LogP contribution in [0.5, 0.6) is 0 Å². The number of nitrogens with two attached hydrogens (primary N) is 1. The van der Waals surface area contributed by atoms with E-state index >= 15 is 0 Å². The number of hydrogen-bond donors (Lipinski definition) is 2. The highest BCUT2D eigenvalue weighted by Gasteiger charge is 2.16. The molecule has 3 N–H and O–H groups in total. The third-order valence-electron chi connectivity index (χ3n) is 3.27. The van der Waals surface area contributed by atoms with E-state index < -0.39 is 5.97 Å². The van der Waals surface area contributed by atoms with E-state index in [0.29, 0.717) is 24.5 Å². The zero-order valence-corrected chi connectivity index (χ0v) is 12.2. The van der Waals surface area contributed by atoms with Crippen LogP contribution in [-0.4, -0.2) is 22.6 Å². The van der Waals surface area contributed by atoms with Crippen molar-refractivity contribution < 1.29 is 9.90 Å². The second-order valence-electron chi connectivity index (χ2n) is 4.87. The van der Waals surface area contributed by atoms with Crippen LogP contribution in [-0.2, 0) is 6.54 Å². The van der Waals surface area contributed by atoms with Crippen LogP contribution in [0, 0.1) is 6.92 Å². The maximum Gasteiger partial charge on any atom is 0.337 e. The molecule has 5 heteroatoms. The van der Waals surface area contributed by atoms with E-state index in [-0.39, 0.29) is 5.56 Å². The lowest BCUT2D eigenvalue weighted by molar-refractivity contribution is 0.0697. The molecule has 0 saturated heterocycles. The van der Waals surface area contributed by atoms with Gasteiger partial charge >= 0.3 is 5.97 Å². The smallest absolute Gasteiger partial charge is 0.337 e. The molecule has 1 aromatic carbocycles. The van der Waals surface area contributed by atoms with Crippen LogP contribution >= 0.6 is 0 Å². The second-order valence-corrected chi connectivity index (χ2v) is 4.87. The van der Waals surface area contributed by atoms with Gasteiger partial charge in [-0.2, -0.15) is 0 Å². The molecule has 110 valence electrons. The molecule has 2 rings (SSSR count). The van der Waals surface area contributed by atoms with E-state index in [4.69, 9.17) is 5.73 Å². The van der Waals surface area contributed by atoms with E-state index in [9.17, 15) is 9.90 Å². The maximum atomic E-state index is 11.4. The van der Waals surface area contributed by atoms with Gasteiger partial charge in [0.25, 0.3) is 0 Å². The molecule has 0 unspecified atom stereocenters. The highest BCUT2D eigenvalue weighted by atomic mass is 16.4. The predicted octanol–water partition coefficient (Wildman–Crippen LogP) is 2.70. The van der Waals surface area contributed by atoms with Gasteiger partial charge in [-0.1, -0.05) is 6.07 Å². The number of benzene rings is 1. The summed E-state index contributed by atoms with van der Waals surface area (Å²) < 4.78 is 0. The molecule has 0 bridgehead atoms. The van der Waals surface area contributed by atoms with Gasteiger partial charge in [-0.3, -0.25) is 4.98 Å². The van der Waals surface area contributed by atoms with Gasteiger partial charge in [0.05, 0.1) is 23.5 Å². The van der Waals surface area contributed by atoms with Crippen molar-refractivity contribution in [1.82, 2.24) is 4.98 Å². The van der Waals surface area contributed by atoms with Gasteiger partial charge in [0.1, 0.15) is 0 Å². The molecule has 0 saturated carbocycles. The third kappa shape index (κ3) is 3.51. The molecule has 0 spiro atoms. The number of carbonyl (C=O) groups is 1. The number of rotatable bonds is 5. The Bertz CT molecular complexity index is 656. The number of carboxylic acids is 1. The fraction of sp³-hybridized carbons (Fsp3) is 0.250. The number of nitrogens with zero attached hydrogens (tertiary/aromatic N) is 2. The number of pyridine rings is 1. The Morgan fingerprint density at radius 1 is 1.33 bits per heavy atom. The van der Waals surface area contributed by atoms with Gasteiger partial charge in [0.15, 0.2) is 0 Å². The average molecular weight is 285 g/mol. The van der Waals surface area contributed by atoms with Crippen molar-refractivity contribution in [2.24, 2.45) is 0 Å². The molecule has 0 amide bonds. The van der Waals surface area contributed by atoms with Crippen LogP contribution in [0.3, 0.4) is 0 Å². The van der Waals surface area contributed by atoms with Crippen LogP contribution in [0.4, 0.5) is 11.4 Å². The minimum Gasteiger partial charge on any atom is -0.478 e. The summed E-state index contributed by atoms with van der Waals surface area (Å²) >= 11 is 0. The van der Waals surface area contributed by atoms with Gasteiger partial charge in [0.2, 0.25) is 0 Å². The first-order valence-corrected chi connectivity index (χ1v) is 6.81. The lowest BCUT2D eigenvalue weighted by Crippen LogP contribution is -2.25. The Kier molecular flexibility index (Phi) is 4.42. The summed E-state index contributed by atoms with van der Waals surface area (Å²) in [5.74, 6) is -0.958. The van der Waals surface area contributed by atoms with Gasteiger partial charge in [0, 0.05) is 17.9 Å². The topological polar surface area (TPSA) is 79.5 Å². The number of nitrogen functional groups attached to an aromatic ring is 1. The van der Waals surface area contributed by atoms with Crippen LogP contribution in [0.15, 0.2) is 36.4 Å². The third-order valence-corrected chi connectivity index (χ3v) is 3.27. The SMILES string of the molecule is CCN(Cc1cccc(C)n1)c1cc(N)ccc1C(=O)O. The van der Waals surface area contributed by atoms with Crippen molar-refractivity contribution in [3.63, 3.8) is 0 Å². The molecule has 21 heavy (non-hydrogen) atoms. The molecule has 0 atom stereocenters. The van der Waals surface area contributed by atoms with Crippen molar-refractivity contribution in [2.75, 3.05) is 17.2 Å². The summed E-state index contributed by atoms with van der Waals surface area (Å²) in [4.78, 5) is 17.8. The second kappa shape index (κ2) is 6.26. The number of aryl methyl sites for hydroxylation is 1. The normalized spacial score (nSPS) is 10.4. The molecule has 2 aromatic rings. The van der Waals surface area contributed by atoms with Gasteiger partial charge in [-0.25, -0.2) is 4.79 Å². The van der Waals surface area contributed by atoms with E-state index in [1.165, 1.54) is 0 Å². The molecule has 1 aromatic heterocycles. The standard InChI is InChI=1S/C16H19N3O2/c1-3-19(10-13-6-4-5-11(2)18-13)15-9-12(17)7-8-14(15)16(20)21/h4-9H,3,10,17H2,1-2H3,(H,20,21). The lowest BCUT2D eigenvalue weighted by atomic mass is 10.1. The summed E-state index contributed by atoms with van der Waals surface area (Å²) in [6.07, 6.45) is 0. The molecule has 0 aliphatic heterocycles. The van der Waals surface area contributed by atoms with Crippen LogP contribution in [0.25, 0.3) is 0 Å². The quantitative estimate of drug-likeness (QED) is 0.826. The number of hydrogen-bond acceptors (Lipinski definition) is 4. The summed E-state index contributed by atoms with van der Waals surface area (Å²) in [5, 5.41) is 9.33. The molecular weight excluding hydrogens is 266 g/mol. The summed E-state index contributed by atoms with van der Waals surface area (Å²) in [6.45, 7) is 5.12. The number of anilines is 2. The monoisotopic (exact) mass is 285 g/mol. The fourth-order valence-corrected chi connectivity index (χ4v) is 2.24. The highest BCUT2D eigenvalue weighted by Crippen LogP contribution is 2.25. The molecule has 5 nitrogen and oxygen atoms in total. The molecule has 0 aliphatic rings. The molecule has 0 fully saturated rings. The molecule has 0 radical (unpaired) electrons. The van der Waals surface area contributed by atoms with Crippen LogP contribution in [0.1, 0.15) is 28.7 Å². The Morgan fingerprint density at radius 2 is 2.10 bits per heavy atom. The van der Waals surface area contributed by atoms with Crippen LogP contribution < -0.4 is 10.6 Å². The zero-order chi connectivity index (χ0) is 15.4. The summed E-state index contributed by atoms with van der Waals surface area (Å²) in [5.41, 5.74) is 9.06. The largest absolute Gasteiger partial charge is 0.478 e. The van der Waals surface area contributed by atoms with Crippen LogP contribution in [0.2, 0.25) is 0 Å². The first-order valence-electron chi connectivity index (χ1n) is 6.81. The minimum atomic E-state index is -0.958. The number of aromatic nitrogens is 1. The Labute approximate surface area is 124 Å². The van der Waals surface area contributed by atoms with Gasteiger partial charge < -0.3 is 15.7 Å². The van der Waals surface area contributed by atoms with Crippen molar-refractivity contribution in [1.29, 1.82) is 0 Å². The molecule has 0 aliphatic carbocycles. The molecular formula is C16H19N3O2. The maximum absolute atomic E-state index is 11.4. The minimum absolute atomic E-state index is 0.249. The van der Waals surface area contributed by atoms with E-state index in [1.54, 1.807) is 18.2 Å². The van der Waals surface area contributed by atoms with Crippen molar-refractivity contribution in [2.45, 2.75) is 20.4 Å². The van der Waals surface area contributed by atoms with Crippen molar-refractivity contribution in [3.8, 4) is 0 Å². The Hall–Kier alpha value is -2.56. The van der Waals surface area contributed by atoms with Gasteiger partial charge in [-0.15, -0.1) is 0 Å². The van der Waals surface area contributed by atoms with Crippen molar-refractivity contribution >= 4 is 17.3 Å². The van der Waals surface area contributed by atoms with Gasteiger partial charge in [-0.05, 0) is 44.2 Å². The van der Waals surface area contributed by atoms with E-state index in [2.05, 4.69) is 4.98 Å². The van der Waals surface area contributed by atoms with E-state index in [0.717, 1.165) is 11.4 Å². The highest BCUT2D eigenvalue weighted by molar-refractivity contribution is 5.95. The van der Waals surface area contributed by atoms with E-state index in [1.807, 2.05) is 36.9 Å². The summed E-state index contributed by atoms with van der Waals surface area (Å²) in [7, 11) is 0. The van der Waals surface area contributed by atoms with Crippen molar-refractivity contribution in [3.05, 3.63) is 53.3 Å². The Morgan fingerprint density at radius 3 is 2.71 bits per heavy atom. The molecule has 1 heterocycles. The Balaban J connectivity index is 2.37. The average Bonchev–Trinajstić information content (AvgIpc) is 2.44. The summed E-state index contributed by atoms with van der Waals surface area (Å²) in [6, 6.07) is 10.7. The first-order chi connectivity index (χ1) is 10.0. The zero-order valence-electron chi connectivity index (χ0n) is 12.2. The predicted molar refractivity (Wildman–Crippen MR) is 83.5 cm³/mol. The number of carboxylic acid groups (broad SMARTS) is 1. The lowest BCUT2D eigenvalue weighted by Gasteiger charge is -2.25. The fourth-order valence-electron chi connectivity index (χ4n) is 2.24.